The smallest absolute Gasteiger partial charge is 0.0624 e. The monoisotopic (exact) mass is 153 g/mol. The van der Waals surface area contributed by atoms with Gasteiger partial charge in [-0.25, -0.2) is 0 Å². The molecule has 0 aliphatic carbocycles. The highest BCUT2D eigenvalue weighted by atomic mass is 15.3. The molecule has 0 saturated carbocycles. The lowest BCUT2D eigenvalue weighted by molar-refractivity contribution is 0.695. The molecule has 1 heterocycles. The van der Waals surface area contributed by atoms with Crippen LogP contribution in [0.15, 0.2) is 6.07 Å². The van der Waals surface area contributed by atoms with Gasteiger partial charge < -0.3 is 5.73 Å². The molecule has 0 fully saturated rings. The molecule has 1 aromatic rings. The second-order valence-electron chi connectivity index (χ2n) is 2.64. The van der Waals surface area contributed by atoms with Crippen molar-refractivity contribution in [3.8, 4) is 0 Å². The highest BCUT2D eigenvalue weighted by Gasteiger charge is 2.00. The molecule has 0 aliphatic rings. The van der Waals surface area contributed by atoms with Crippen LogP contribution >= 0.6 is 0 Å². The Morgan fingerprint density at radius 1 is 1.64 bits per heavy atom. The Morgan fingerprint density at radius 3 is 2.82 bits per heavy atom. The van der Waals surface area contributed by atoms with E-state index in [1.165, 1.54) is 5.69 Å². The highest BCUT2D eigenvalue weighted by molar-refractivity contribution is 5.10. The Kier molecular flexibility index (Phi) is 2.65. The van der Waals surface area contributed by atoms with E-state index in [4.69, 9.17) is 5.73 Å². The van der Waals surface area contributed by atoms with E-state index in [1.807, 2.05) is 11.7 Å². The van der Waals surface area contributed by atoms with Gasteiger partial charge in [-0.1, -0.05) is 6.92 Å². The number of hydrogen-bond acceptors (Lipinski definition) is 2. The third-order valence-electron chi connectivity index (χ3n) is 1.79. The minimum Gasteiger partial charge on any atom is -0.330 e. The van der Waals surface area contributed by atoms with E-state index >= 15 is 0 Å². The van der Waals surface area contributed by atoms with Gasteiger partial charge in [0.25, 0.3) is 0 Å². The second-order valence-corrected chi connectivity index (χ2v) is 2.64. The van der Waals surface area contributed by atoms with Gasteiger partial charge in [-0.2, -0.15) is 5.10 Å². The highest BCUT2D eigenvalue weighted by Crippen LogP contribution is 2.03. The summed E-state index contributed by atoms with van der Waals surface area (Å²) >= 11 is 0. The predicted octanol–water partition coefficient (Wildman–Crippen LogP) is 0.484. The Bertz CT molecular complexity index is 227. The fourth-order valence-electron chi connectivity index (χ4n) is 1.13. The van der Waals surface area contributed by atoms with E-state index < -0.39 is 0 Å². The van der Waals surface area contributed by atoms with Crippen LogP contribution in [0.4, 0.5) is 0 Å². The zero-order valence-electron chi connectivity index (χ0n) is 7.17. The zero-order chi connectivity index (χ0) is 8.27. The van der Waals surface area contributed by atoms with E-state index in [0.717, 1.165) is 18.5 Å². The summed E-state index contributed by atoms with van der Waals surface area (Å²) in [5.74, 6) is 0. The van der Waals surface area contributed by atoms with Crippen LogP contribution in [0.1, 0.15) is 18.3 Å². The lowest BCUT2D eigenvalue weighted by Crippen LogP contribution is -2.06. The normalized spacial score (nSPS) is 10.5. The molecule has 0 amide bonds. The van der Waals surface area contributed by atoms with Crippen LogP contribution < -0.4 is 5.73 Å². The predicted molar refractivity (Wildman–Crippen MR) is 45.3 cm³/mol. The van der Waals surface area contributed by atoms with Gasteiger partial charge in [-0.15, -0.1) is 0 Å². The summed E-state index contributed by atoms with van der Waals surface area (Å²) in [4.78, 5) is 0. The summed E-state index contributed by atoms with van der Waals surface area (Å²) in [6.07, 6.45) is 1.92. The fraction of sp³-hybridized carbons (Fsp3) is 0.625. The maximum absolute atomic E-state index is 5.44. The van der Waals surface area contributed by atoms with Crippen LogP contribution in [0.25, 0.3) is 0 Å². The van der Waals surface area contributed by atoms with Gasteiger partial charge in [0, 0.05) is 19.2 Å². The number of aromatic nitrogens is 2. The molecule has 1 aromatic heterocycles. The van der Waals surface area contributed by atoms with Crippen LogP contribution in [0.2, 0.25) is 0 Å². The molecule has 0 aliphatic heterocycles. The second kappa shape index (κ2) is 3.53. The Labute approximate surface area is 67.2 Å². The molecule has 2 N–H and O–H groups in total. The van der Waals surface area contributed by atoms with Crippen molar-refractivity contribution in [1.29, 1.82) is 0 Å². The van der Waals surface area contributed by atoms with Crippen LogP contribution in [-0.4, -0.2) is 16.3 Å². The summed E-state index contributed by atoms with van der Waals surface area (Å²) in [6, 6.07) is 2.12. The number of nitrogens with zero attached hydrogens (tertiary/aromatic N) is 2. The first-order valence-electron chi connectivity index (χ1n) is 3.99. The topological polar surface area (TPSA) is 43.8 Å². The summed E-state index contributed by atoms with van der Waals surface area (Å²) in [5.41, 5.74) is 7.81. The molecule has 1 rings (SSSR count). The van der Waals surface area contributed by atoms with Crippen LogP contribution in [0.5, 0.6) is 0 Å². The standard InChI is InChI=1S/C8H15N3/c1-3-7-6-8(4-5-9)11(2)10-7/h6H,3-5,9H2,1-2H3. The van der Waals surface area contributed by atoms with Crippen LogP contribution in [0.3, 0.4) is 0 Å². The minimum atomic E-state index is 0.697. The fourth-order valence-corrected chi connectivity index (χ4v) is 1.13. The molecule has 3 nitrogen and oxygen atoms in total. The number of hydrogen-bond donors (Lipinski definition) is 1. The SMILES string of the molecule is CCc1cc(CCN)n(C)n1. The van der Waals surface area contributed by atoms with E-state index in [2.05, 4.69) is 18.1 Å². The largest absolute Gasteiger partial charge is 0.330 e. The van der Waals surface area contributed by atoms with Crippen molar-refractivity contribution in [3.63, 3.8) is 0 Å². The van der Waals surface area contributed by atoms with Crippen molar-refractivity contribution in [2.45, 2.75) is 19.8 Å². The molecule has 0 atom stereocenters. The Hall–Kier alpha value is -0.830. The van der Waals surface area contributed by atoms with Gasteiger partial charge in [0.05, 0.1) is 5.69 Å². The zero-order valence-corrected chi connectivity index (χ0v) is 7.17. The van der Waals surface area contributed by atoms with Crippen molar-refractivity contribution in [2.75, 3.05) is 6.54 Å². The van der Waals surface area contributed by atoms with Gasteiger partial charge >= 0.3 is 0 Å². The van der Waals surface area contributed by atoms with Gasteiger partial charge in [0.1, 0.15) is 0 Å². The third kappa shape index (κ3) is 1.80. The average molecular weight is 153 g/mol. The molecule has 0 unspecified atom stereocenters. The lowest BCUT2D eigenvalue weighted by Gasteiger charge is -1.96. The molecule has 62 valence electrons. The molecule has 0 spiro atoms. The van der Waals surface area contributed by atoms with E-state index in [9.17, 15) is 0 Å². The van der Waals surface area contributed by atoms with Crippen LogP contribution in [-0.2, 0) is 19.9 Å². The molecule has 0 saturated heterocycles. The summed E-state index contributed by atoms with van der Waals surface area (Å²) in [6.45, 7) is 2.80. The van der Waals surface area contributed by atoms with Crippen LogP contribution in [0, 0.1) is 0 Å². The number of nitrogens with two attached hydrogens (primary N) is 1. The third-order valence-corrected chi connectivity index (χ3v) is 1.79. The quantitative estimate of drug-likeness (QED) is 0.686. The molecule has 3 heteroatoms. The summed E-state index contributed by atoms with van der Waals surface area (Å²) in [7, 11) is 1.96. The number of aryl methyl sites for hydroxylation is 2. The maximum atomic E-state index is 5.44. The lowest BCUT2D eigenvalue weighted by atomic mass is 10.2. The maximum Gasteiger partial charge on any atom is 0.0624 e. The molecule has 0 radical (unpaired) electrons. The molecule has 11 heavy (non-hydrogen) atoms. The molecular formula is C8H15N3. The number of rotatable bonds is 3. The van der Waals surface area contributed by atoms with E-state index in [0.29, 0.717) is 6.54 Å². The van der Waals surface area contributed by atoms with E-state index in [1.54, 1.807) is 0 Å². The van der Waals surface area contributed by atoms with Crippen molar-refractivity contribution in [2.24, 2.45) is 12.8 Å². The minimum absolute atomic E-state index is 0.697. The van der Waals surface area contributed by atoms with Crippen molar-refractivity contribution < 1.29 is 0 Å². The first kappa shape index (κ1) is 8.27. The average Bonchev–Trinajstić information content (AvgIpc) is 2.33. The first-order chi connectivity index (χ1) is 5.27. The van der Waals surface area contributed by atoms with Gasteiger partial charge in [0.2, 0.25) is 0 Å². The van der Waals surface area contributed by atoms with E-state index in [-0.39, 0.29) is 0 Å². The van der Waals surface area contributed by atoms with Gasteiger partial charge in [-0.3, -0.25) is 4.68 Å². The van der Waals surface area contributed by atoms with Gasteiger partial charge in [-0.05, 0) is 19.0 Å². The molecular weight excluding hydrogens is 138 g/mol. The molecule has 0 aromatic carbocycles. The summed E-state index contributed by atoms with van der Waals surface area (Å²) < 4.78 is 1.91. The first-order valence-corrected chi connectivity index (χ1v) is 3.99. The van der Waals surface area contributed by atoms with Crippen molar-refractivity contribution >= 4 is 0 Å². The Balaban J connectivity index is 2.79. The molecule has 0 bridgehead atoms. The Morgan fingerprint density at radius 2 is 2.36 bits per heavy atom. The van der Waals surface area contributed by atoms with Gasteiger partial charge in [0.15, 0.2) is 0 Å². The summed E-state index contributed by atoms with van der Waals surface area (Å²) in [5, 5.41) is 4.31. The van der Waals surface area contributed by atoms with Crippen molar-refractivity contribution in [3.05, 3.63) is 17.5 Å². The van der Waals surface area contributed by atoms with Crippen molar-refractivity contribution in [1.82, 2.24) is 9.78 Å².